The van der Waals surface area contributed by atoms with Crippen molar-refractivity contribution >= 4 is 32.8 Å². The lowest BCUT2D eigenvalue weighted by atomic mass is 9.95. The molecule has 0 saturated carbocycles. The summed E-state index contributed by atoms with van der Waals surface area (Å²) in [7, 11) is -3.80. The predicted molar refractivity (Wildman–Crippen MR) is 130 cm³/mol. The van der Waals surface area contributed by atoms with E-state index in [1.165, 1.54) is 34.6 Å². The summed E-state index contributed by atoms with van der Waals surface area (Å²) in [6.45, 7) is 1.80. The van der Waals surface area contributed by atoms with E-state index in [4.69, 9.17) is 12.2 Å². The number of halogens is 3. The van der Waals surface area contributed by atoms with Crippen LogP contribution in [0, 0.1) is 0 Å². The fourth-order valence-corrected chi connectivity index (χ4v) is 6.28. The Morgan fingerprint density at radius 3 is 2.51 bits per heavy atom. The Morgan fingerprint density at radius 1 is 1.20 bits per heavy atom. The summed E-state index contributed by atoms with van der Waals surface area (Å²) in [5.74, 6) is 0. The first-order valence-corrected chi connectivity index (χ1v) is 12.8. The minimum absolute atomic E-state index is 0.128. The first-order chi connectivity index (χ1) is 16.4. The summed E-state index contributed by atoms with van der Waals surface area (Å²) >= 11 is 5.29. The average Bonchev–Trinajstić information content (AvgIpc) is 3.32. The maximum absolute atomic E-state index is 13.4. The van der Waals surface area contributed by atoms with Gasteiger partial charge in [0.2, 0.25) is 10.0 Å². The van der Waals surface area contributed by atoms with Crippen LogP contribution in [0.5, 0.6) is 0 Å². The second-order valence-corrected chi connectivity index (χ2v) is 11.1. The zero-order valence-corrected chi connectivity index (χ0v) is 20.5. The molecule has 188 valence electrons. The van der Waals surface area contributed by atoms with E-state index in [1.54, 1.807) is 30.9 Å². The number of imidazole rings is 1. The number of aromatic nitrogens is 2. The van der Waals surface area contributed by atoms with Gasteiger partial charge in [0.15, 0.2) is 5.60 Å². The van der Waals surface area contributed by atoms with E-state index in [0.29, 0.717) is 37.0 Å². The van der Waals surface area contributed by atoms with E-state index in [-0.39, 0.29) is 29.6 Å². The second-order valence-electron chi connectivity index (χ2n) is 8.67. The van der Waals surface area contributed by atoms with Gasteiger partial charge in [0, 0.05) is 55.5 Å². The van der Waals surface area contributed by atoms with Gasteiger partial charge in [0.25, 0.3) is 0 Å². The van der Waals surface area contributed by atoms with Crippen LogP contribution in [0.1, 0.15) is 18.9 Å². The number of rotatable bonds is 6. The van der Waals surface area contributed by atoms with Crippen LogP contribution in [0.2, 0.25) is 0 Å². The van der Waals surface area contributed by atoms with Crippen LogP contribution in [0.4, 0.5) is 18.9 Å². The molecule has 0 radical (unpaired) electrons. The number of hydrogen-bond acceptors (Lipinski definition) is 6. The third-order valence-electron chi connectivity index (χ3n) is 6.32. The van der Waals surface area contributed by atoms with Gasteiger partial charge in [-0.3, -0.25) is 0 Å². The van der Waals surface area contributed by atoms with Gasteiger partial charge in [0.1, 0.15) is 0 Å². The topological polar surface area (TPSA) is 78.7 Å². The molecule has 35 heavy (non-hydrogen) atoms. The molecule has 1 aliphatic heterocycles. The van der Waals surface area contributed by atoms with Crippen molar-refractivity contribution in [1.29, 1.82) is 0 Å². The lowest BCUT2D eigenvalue weighted by molar-refractivity contribution is -0.258. The normalized spacial score (nSPS) is 21.6. The number of aliphatic hydroxyl groups is 1. The summed E-state index contributed by atoms with van der Waals surface area (Å²) in [4.78, 5) is 6.50. The van der Waals surface area contributed by atoms with Gasteiger partial charge in [-0.05, 0) is 30.7 Å². The summed E-state index contributed by atoms with van der Waals surface area (Å²) < 4.78 is 69.6. The van der Waals surface area contributed by atoms with E-state index in [1.807, 2.05) is 9.47 Å². The number of anilines is 1. The van der Waals surface area contributed by atoms with Crippen molar-refractivity contribution in [3.05, 3.63) is 71.7 Å². The first-order valence-electron chi connectivity index (χ1n) is 10.9. The fourth-order valence-electron chi connectivity index (χ4n) is 4.21. The maximum atomic E-state index is 13.4. The largest absolute Gasteiger partial charge is 0.421 e. The summed E-state index contributed by atoms with van der Waals surface area (Å²) in [6, 6.07) is 5.21. The van der Waals surface area contributed by atoms with Gasteiger partial charge in [-0.15, -0.1) is 0 Å². The molecule has 1 fully saturated rings. The van der Waals surface area contributed by atoms with Crippen LogP contribution in [-0.2, 0) is 22.2 Å². The van der Waals surface area contributed by atoms with E-state index < -0.39 is 21.8 Å². The van der Waals surface area contributed by atoms with Crippen molar-refractivity contribution in [3.63, 3.8) is 0 Å². The third kappa shape index (κ3) is 5.06. The Kier molecular flexibility index (Phi) is 6.93. The van der Waals surface area contributed by atoms with E-state index in [9.17, 15) is 26.7 Å². The monoisotopic (exact) mass is 526 g/mol. The highest BCUT2D eigenvalue weighted by Gasteiger charge is 2.51. The molecule has 2 atom stereocenters. The molecule has 1 aromatic heterocycles. The average molecular weight is 527 g/mol. The molecule has 1 N–H and O–H groups in total. The van der Waals surface area contributed by atoms with Crippen molar-refractivity contribution < 1.29 is 26.7 Å². The van der Waals surface area contributed by atoms with Gasteiger partial charge < -0.3 is 14.6 Å². The number of thiocarbonyl (C=S) groups is 1. The quantitative estimate of drug-likeness (QED) is 0.582. The number of nitrogens with zero attached hydrogens (tertiary/aromatic N) is 4. The molecule has 12 heteroatoms. The number of alkyl halides is 3. The molecule has 2 heterocycles. The lowest BCUT2D eigenvalue weighted by Gasteiger charge is -2.42. The van der Waals surface area contributed by atoms with Gasteiger partial charge in [0.05, 0.1) is 17.3 Å². The molecule has 2 aliphatic rings. The highest BCUT2D eigenvalue weighted by atomic mass is 32.2. The predicted octanol–water partition coefficient (Wildman–Crippen LogP) is 3.39. The van der Waals surface area contributed by atoms with Crippen LogP contribution >= 0.6 is 12.2 Å². The molecule has 0 amide bonds. The molecule has 0 bridgehead atoms. The molecule has 1 aliphatic carbocycles. The van der Waals surface area contributed by atoms with Crippen LogP contribution in [0.3, 0.4) is 0 Å². The Morgan fingerprint density at radius 2 is 1.91 bits per heavy atom. The van der Waals surface area contributed by atoms with Crippen molar-refractivity contribution in [2.45, 2.75) is 37.7 Å². The minimum atomic E-state index is -4.82. The Labute approximate surface area is 207 Å². The molecule has 1 saturated heterocycles. The zero-order chi connectivity index (χ0) is 25.4. The lowest BCUT2D eigenvalue weighted by Crippen LogP contribution is -2.56. The third-order valence-corrected chi connectivity index (χ3v) is 8.78. The Bertz CT molecular complexity index is 1240. The SMILES string of the molecule is CC(O)(c1ccc(N2CCN(S(=O)(=O)C3=CC=CCC3=S)C[C@@H]2Cn2ccnc2)cc1)C(F)(F)F. The highest BCUT2D eigenvalue weighted by molar-refractivity contribution is 7.96. The molecular weight excluding hydrogens is 501 g/mol. The fraction of sp³-hybridized carbons (Fsp3) is 0.391. The number of hydrogen-bond donors (Lipinski definition) is 1. The van der Waals surface area contributed by atoms with E-state index in [0.717, 1.165) is 0 Å². The molecule has 0 spiro atoms. The van der Waals surface area contributed by atoms with E-state index >= 15 is 0 Å². The molecule has 1 unspecified atom stereocenters. The summed E-state index contributed by atoms with van der Waals surface area (Å²) in [5, 5.41) is 9.97. The van der Waals surface area contributed by atoms with Crippen LogP contribution < -0.4 is 4.90 Å². The minimum Gasteiger partial charge on any atom is -0.376 e. The highest BCUT2D eigenvalue weighted by Crippen LogP contribution is 2.39. The molecule has 1 aromatic carbocycles. The summed E-state index contributed by atoms with van der Waals surface area (Å²) in [5.41, 5.74) is -2.62. The summed E-state index contributed by atoms with van der Waals surface area (Å²) in [6.07, 6.45) is 5.59. The number of sulfonamides is 1. The van der Waals surface area contributed by atoms with Gasteiger partial charge in [-0.25, -0.2) is 13.4 Å². The molecular formula is C23H25F3N4O3S2. The number of piperazine rings is 1. The number of allylic oxidation sites excluding steroid dienone is 4. The Hall–Kier alpha value is -2.54. The second kappa shape index (κ2) is 9.49. The van der Waals surface area contributed by atoms with Crippen molar-refractivity contribution in [2.75, 3.05) is 24.5 Å². The maximum Gasteiger partial charge on any atom is 0.421 e. The smallest absolute Gasteiger partial charge is 0.376 e. The van der Waals surface area contributed by atoms with Gasteiger partial charge in [-0.2, -0.15) is 17.5 Å². The van der Waals surface area contributed by atoms with E-state index in [2.05, 4.69) is 4.98 Å². The van der Waals surface area contributed by atoms with Crippen LogP contribution in [-0.4, -0.2) is 64.1 Å². The zero-order valence-electron chi connectivity index (χ0n) is 18.9. The molecule has 7 nitrogen and oxygen atoms in total. The first kappa shape index (κ1) is 25.5. The van der Waals surface area contributed by atoms with Crippen molar-refractivity contribution in [1.82, 2.24) is 13.9 Å². The van der Waals surface area contributed by atoms with Crippen LogP contribution in [0.25, 0.3) is 0 Å². The standard InChI is InChI=1S/C23H25F3N4O3S2/c1-22(31,23(24,25)26)17-6-8-18(9-7-17)30-13-12-29(15-19(30)14-28-11-10-27-16-28)35(32,33)21-5-3-2-4-20(21)34/h2-3,5-11,16,19,31H,4,12-15H2,1H3/t19-,22?/m0/s1. The van der Waals surface area contributed by atoms with Crippen molar-refractivity contribution in [2.24, 2.45) is 0 Å². The van der Waals surface area contributed by atoms with Crippen LogP contribution in [0.15, 0.2) is 66.1 Å². The Balaban J connectivity index is 1.61. The number of benzene rings is 1. The van der Waals surface area contributed by atoms with Crippen molar-refractivity contribution in [3.8, 4) is 0 Å². The van der Waals surface area contributed by atoms with Gasteiger partial charge in [-0.1, -0.05) is 36.5 Å². The van der Waals surface area contributed by atoms with Gasteiger partial charge >= 0.3 is 6.18 Å². The molecule has 4 rings (SSSR count). The molecule has 2 aromatic rings.